The molecule has 4 rings (SSSR count). The first-order chi connectivity index (χ1) is 16.0. The summed E-state index contributed by atoms with van der Waals surface area (Å²) in [7, 11) is 1.59. The van der Waals surface area contributed by atoms with Gasteiger partial charge in [-0.3, -0.25) is 9.36 Å². The zero-order valence-corrected chi connectivity index (χ0v) is 19.6. The first-order valence-electron chi connectivity index (χ1n) is 9.68. The molecule has 0 saturated carbocycles. The number of hydrogen-bond acceptors (Lipinski definition) is 5. The molecule has 1 aromatic heterocycles. The van der Waals surface area contributed by atoms with Gasteiger partial charge in [0, 0.05) is 16.4 Å². The third kappa shape index (κ3) is 5.30. The number of para-hydroxylation sites is 1. The Morgan fingerprint density at radius 1 is 1.09 bits per heavy atom. The van der Waals surface area contributed by atoms with Crippen LogP contribution in [0.25, 0.3) is 17.1 Å². The molecule has 0 aliphatic heterocycles. The summed E-state index contributed by atoms with van der Waals surface area (Å²) in [6.07, 6.45) is 0. The predicted molar refractivity (Wildman–Crippen MR) is 129 cm³/mol. The van der Waals surface area contributed by atoms with Crippen LogP contribution in [0.1, 0.15) is 0 Å². The molecule has 1 heterocycles. The van der Waals surface area contributed by atoms with Gasteiger partial charge in [0.1, 0.15) is 11.6 Å². The van der Waals surface area contributed by atoms with Crippen molar-refractivity contribution < 1.29 is 13.9 Å². The van der Waals surface area contributed by atoms with Gasteiger partial charge < -0.3 is 10.1 Å². The van der Waals surface area contributed by atoms with Crippen LogP contribution in [-0.4, -0.2) is 33.5 Å². The molecule has 3 aromatic carbocycles. The van der Waals surface area contributed by atoms with Gasteiger partial charge >= 0.3 is 0 Å². The molecule has 1 N–H and O–H groups in total. The zero-order chi connectivity index (χ0) is 23.4. The number of carbonyl (C=O) groups is 1. The molecule has 0 radical (unpaired) electrons. The smallest absolute Gasteiger partial charge is 0.234 e. The number of halogens is 3. The van der Waals surface area contributed by atoms with E-state index in [4.69, 9.17) is 27.9 Å². The number of nitrogens with zero attached hydrogens (tertiary/aromatic N) is 3. The number of thioether (sulfide) groups is 1. The molecule has 0 unspecified atom stereocenters. The molecule has 0 atom stereocenters. The third-order valence-electron chi connectivity index (χ3n) is 4.60. The summed E-state index contributed by atoms with van der Waals surface area (Å²) in [5, 5.41) is 12.4. The monoisotopic (exact) mass is 502 g/mol. The Morgan fingerprint density at radius 2 is 1.85 bits per heavy atom. The molecule has 0 aliphatic rings. The van der Waals surface area contributed by atoms with Gasteiger partial charge in [-0.15, -0.1) is 10.2 Å². The Balaban J connectivity index is 1.62. The van der Waals surface area contributed by atoms with E-state index < -0.39 is 5.82 Å². The molecule has 6 nitrogen and oxygen atoms in total. The Labute approximate surface area is 203 Å². The number of benzene rings is 3. The second-order valence-electron chi connectivity index (χ2n) is 6.78. The minimum absolute atomic E-state index is 0.0483. The van der Waals surface area contributed by atoms with Gasteiger partial charge in [0.2, 0.25) is 5.91 Å². The molecule has 0 spiro atoms. The molecule has 0 fully saturated rings. The summed E-state index contributed by atoms with van der Waals surface area (Å²) in [4.78, 5) is 12.5. The van der Waals surface area contributed by atoms with Crippen LogP contribution in [0.4, 0.5) is 10.1 Å². The average Bonchev–Trinajstić information content (AvgIpc) is 3.24. The van der Waals surface area contributed by atoms with Crippen LogP contribution in [0.3, 0.4) is 0 Å². The van der Waals surface area contributed by atoms with E-state index in [2.05, 4.69) is 15.5 Å². The summed E-state index contributed by atoms with van der Waals surface area (Å²) in [5.41, 5.74) is 1.93. The van der Waals surface area contributed by atoms with Gasteiger partial charge in [0.05, 0.1) is 23.4 Å². The average molecular weight is 503 g/mol. The van der Waals surface area contributed by atoms with E-state index >= 15 is 0 Å². The highest BCUT2D eigenvalue weighted by atomic mass is 35.5. The van der Waals surface area contributed by atoms with Gasteiger partial charge in [0.25, 0.3) is 0 Å². The van der Waals surface area contributed by atoms with Crippen LogP contribution in [-0.2, 0) is 4.79 Å². The number of methoxy groups -OCH3 is 1. The topological polar surface area (TPSA) is 69.0 Å². The molecular weight excluding hydrogens is 486 g/mol. The summed E-state index contributed by atoms with van der Waals surface area (Å²) < 4.78 is 20.7. The maximum atomic E-state index is 13.3. The van der Waals surface area contributed by atoms with Crippen molar-refractivity contribution >= 4 is 46.6 Å². The molecule has 4 aromatic rings. The second-order valence-corrected chi connectivity index (χ2v) is 8.57. The summed E-state index contributed by atoms with van der Waals surface area (Å²) in [6.45, 7) is 0. The molecule has 1 amide bonds. The zero-order valence-electron chi connectivity index (χ0n) is 17.3. The van der Waals surface area contributed by atoms with Crippen molar-refractivity contribution in [3.8, 4) is 22.8 Å². The number of amides is 1. The first-order valence-corrected chi connectivity index (χ1v) is 11.4. The predicted octanol–water partition coefficient (Wildman–Crippen LogP) is 6.12. The lowest BCUT2D eigenvalue weighted by atomic mass is 10.2. The highest BCUT2D eigenvalue weighted by Crippen LogP contribution is 2.33. The van der Waals surface area contributed by atoms with Gasteiger partial charge in [-0.05, 0) is 54.6 Å². The van der Waals surface area contributed by atoms with Crippen molar-refractivity contribution in [1.29, 1.82) is 0 Å². The van der Waals surface area contributed by atoms with Gasteiger partial charge in [-0.2, -0.15) is 0 Å². The lowest BCUT2D eigenvalue weighted by Gasteiger charge is -2.12. The maximum absolute atomic E-state index is 13.3. The standard InChI is InChI=1S/C23H17Cl2FN4O2S/c1-32-20-5-3-2-4-17(20)22-28-29-23(30(22)16-9-6-14(24)7-10-16)33-13-21(31)27-15-8-11-19(26)18(25)12-15/h2-12H,13H2,1H3,(H,27,31). The van der Waals surface area contributed by atoms with Crippen LogP contribution in [0.5, 0.6) is 5.75 Å². The first kappa shape index (κ1) is 23.1. The normalized spacial score (nSPS) is 10.8. The fourth-order valence-corrected chi connectivity index (χ4v) is 4.15. The van der Waals surface area contributed by atoms with Gasteiger partial charge in [-0.25, -0.2) is 4.39 Å². The van der Waals surface area contributed by atoms with Crippen LogP contribution < -0.4 is 10.1 Å². The van der Waals surface area contributed by atoms with Crippen LogP contribution >= 0.6 is 35.0 Å². The SMILES string of the molecule is COc1ccccc1-c1nnc(SCC(=O)Nc2ccc(F)c(Cl)c2)n1-c1ccc(Cl)cc1. The van der Waals surface area contributed by atoms with Crippen molar-refractivity contribution in [3.05, 3.63) is 82.6 Å². The molecule has 0 aliphatic carbocycles. The lowest BCUT2D eigenvalue weighted by molar-refractivity contribution is -0.113. The number of nitrogens with one attached hydrogen (secondary N) is 1. The van der Waals surface area contributed by atoms with Crippen LogP contribution in [0, 0.1) is 5.82 Å². The van der Waals surface area contributed by atoms with Gasteiger partial charge in [-0.1, -0.05) is 47.1 Å². The molecule has 33 heavy (non-hydrogen) atoms. The minimum atomic E-state index is -0.552. The summed E-state index contributed by atoms with van der Waals surface area (Å²) in [6, 6.07) is 18.7. The number of carbonyl (C=O) groups excluding carboxylic acids is 1. The van der Waals surface area contributed by atoms with Crippen molar-refractivity contribution in [2.24, 2.45) is 0 Å². The van der Waals surface area contributed by atoms with E-state index in [0.29, 0.717) is 27.4 Å². The van der Waals surface area contributed by atoms with Crippen molar-refractivity contribution in [1.82, 2.24) is 14.8 Å². The number of hydrogen-bond donors (Lipinski definition) is 1. The van der Waals surface area contributed by atoms with Crippen LogP contribution in [0.2, 0.25) is 10.0 Å². The van der Waals surface area contributed by atoms with E-state index in [1.165, 1.54) is 30.0 Å². The van der Waals surface area contributed by atoms with Crippen LogP contribution in [0.15, 0.2) is 71.9 Å². The van der Waals surface area contributed by atoms with E-state index in [-0.39, 0.29) is 16.7 Å². The minimum Gasteiger partial charge on any atom is -0.496 e. The molecular formula is C23H17Cl2FN4O2S. The van der Waals surface area contributed by atoms with Crippen molar-refractivity contribution in [3.63, 3.8) is 0 Å². The molecule has 10 heteroatoms. The number of aromatic nitrogens is 3. The quantitative estimate of drug-likeness (QED) is 0.308. The van der Waals surface area contributed by atoms with E-state index in [0.717, 1.165) is 11.3 Å². The largest absolute Gasteiger partial charge is 0.496 e. The van der Waals surface area contributed by atoms with E-state index in [1.807, 2.05) is 41.0 Å². The Kier molecular flexibility index (Phi) is 7.17. The molecule has 0 bridgehead atoms. The maximum Gasteiger partial charge on any atom is 0.234 e. The fourth-order valence-electron chi connectivity index (χ4n) is 3.09. The van der Waals surface area contributed by atoms with Crippen molar-refractivity contribution in [2.45, 2.75) is 5.16 Å². The number of anilines is 1. The van der Waals surface area contributed by atoms with Crippen molar-refractivity contribution in [2.75, 3.05) is 18.2 Å². The Morgan fingerprint density at radius 3 is 2.58 bits per heavy atom. The third-order valence-corrected chi connectivity index (χ3v) is 6.07. The number of rotatable bonds is 7. The van der Waals surface area contributed by atoms with E-state index in [9.17, 15) is 9.18 Å². The summed E-state index contributed by atoms with van der Waals surface area (Å²) >= 11 is 13.1. The fraction of sp³-hybridized carbons (Fsp3) is 0.0870. The highest BCUT2D eigenvalue weighted by Gasteiger charge is 2.20. The van der Waals surface area contributed by atoms with E-state index in [1.54, 1.807) is 19.2 Å². The lowest BCUT2D eigenvalue weighted by Crippen LogP contribution is -2.14. The second kappa shape index (κ2) is 10.2. The Hall–Kier alpha value is -3.07. The summed E-state index contributed by atoms with van der Waals surface area (Å²) in [5.74, 6) is 0.397. The highest BCUT2D eigenvalue weighted by molar-refractivity contribution is 7.99. The number of ether oxygens (including phenoxy) is 1. The molecule has 168 valence electrons. The van der Waals surface area contributed by atoms with Gasteiger partial charge in [0.15, 0.2) is 11.0 Å². The molecule has 0 saturated heterocycles. The Bertz CT molecular complexity index is 1300.